The topological polar surface area (TPSA) is 70.5 Å². The summed E-state index contributed by atoms with van der Waals surface area (Å²) in [6.45, 7) is 0.525. The molecule has 1 amide bonds. The molecule has 5 nitrogen and oxygen atoms in total. The maximum absolute atomic E-state index is 12.4. The summed E-state index contributed by atoms with van der Waals surface area (Å²) >= 11 is 0. The number of amides is 1. The summed E-state index contributed by atoms with van der Waals surface area (Å²) in [6.07, 6.45) is 5.20. The van der Waals surface area contributed by atoms with Gasteiger partial charge < -0.3 is 10.0 Å². The molecule has 1 aromatic heterocycles. The lowest BCUT2D eigenvalue weighted by atomic mass is 10.1. The van der Waals surface area contributed by atoms with E-state index in [0.29, 0.717) is 24.4 Å². The van der Waals surface area contributed by atoms with Crippen LogP contribution < -0.4 is 0 Å². The van der Waals surface area contributed by atoms with Crippen LogP contribution in [0, 0.1) is 0 Å². The molecule has 2 heterocycles. The summed E-state index contributed by atoms with van der Waals surface area (Å²) in [4.78, 5) is 29.3. The molecule has 1 saturated heterocycles. The summed E-state index contributed by atoms with van der Waals surface area (Å²) in [5.41, 5.74) is 1.52. The quantitative estimate of drug-likeness (QED) is 0.897. The van der Waals surface area contributed by atoms with Gasteiger partial charge >= 0.3 is 5.97 Å². The smallest absolute Gasteiger partial charge is 0.326 e. The molecule has 3 rings (SSSR count). The highest BCUT2D eigenvalue weighted by molar-refractivity contribution is 5.97. The number of likely N-dealkylation sites (tertiary alicyclic amines) is 1. The number of carbonyl (C=O) groups is 2. The third-order valence-electron chi connectivity index (χ3n) is 3.82. The molecule has 100 valence electrons. The van der Waals surface area contributed by atoms with Crippen molar-refractivity contribution in [3.8, 4) is 0 Å². The van der Waals surface area contributed by atoms with Crippen molar-refractivity contribution in [2.75, 3.05) is 6.54 Å². The molecule has 0 unspecified atom stereocenters. The van der Waals surface area contributed by atoms with E-state index < -0.39 is 12.0 Å². The predicted octanol–water partition coefficient (Wildman–Crippen LogP) is 1.65. The van der Waals surface area contributed by atoms with Crippen LogP contribution in [0.15, 0.2) is 18.3 Å². The van der Waals surface area contributed by atoms with Gasteiger partial charge in [0.2, 0.25) is 0 Å². The van der Waals surface area contributed by atoms with Crippen LogP contribution >= 0.6 is 0 Å². The van der Waals surface area contributed by atoms with Gasteiger partial charge in [-0.05, 0) is 37.8 Å². The third kappa shape index (κ3) is 2.32. The molecule has 1 aromatic rings. The number of rotatable bonds is 3. The van der Waals surface area contributed by atoms with E-state index >= 15 is 0 Å². The van der Waals surface area contributed by atoms with E-state index in [1.807, 2.05) is 6.07 Å². The predicted molar refractivity (Wildman–Crippen MR) is 67.9 cm³/mol. The number of carbonyl (C=O) groups excluding carboxylic acids is 1. The average Bonchev–Trinajstić information content (AvgIpc) is 3.15. The Hall–Kier alpha value is -1.91. The van der Waals surface area contributed by atoms with Crippen LogP contribution in [-0.4, -0.2) is 39.5 Å². The largest absolute Gasteiger partial charge is 0.480 e. The first-order valence-electron chi connectivity index (χ1n) is 6.66. The highest BCUT2D eigenvalue weighted by atomic mass is 16.4. The first kappa shape index (κ1) is 12.1. The number of nitrogens with zero attached hydrogens (tertiary/aromatic N) is 2. The van der Waals surface area contributed by atoms with Crippen LogP contribution in [0.2, 0.25) is 0 Å². The summed E-state index contributed by atoms with van der Waals surface area (Å²) in [5, 5.41) is 9.13. The van der Waals surface area contributed by atoms with Crippen molar-refractivity contribution in [1.82, 2.24) is 9.88 Å². The van der Waals surface area contributed by atoms with Gasteiger partial charge in [-0.15, -0.1) is 0 Å². The minimum atomic E-state index is -0.915. The minimum absolute atomic E-state index is 0.186. The van der Waals surface area contributed by atoms with E-state index in [-0.39, 0.29) is 5.91 Å². The van der Waals surface area contributed by atoms with E-state index in [0.717, 1.165) is 25.0 Å². The molecular weight excluding hydrogens is 244 g/mol. The normalized spacial score (nSPS) is 22.5. The van der Waals surface area contributed by atoms with Gasteiger partial charge in [0, 0.05) is 29.9 Å². The molecule has 0 aromatic carbocycles. The SMILES string of the molecule is O=C(O)[C@@H]1CCCN1C(=O)c1ccnc(C2CC2)c1. The molecule has 2 aliphatic rings. The van der Waals surface area contributed by atoms with Gasteiger partial charge in [-0.1, -0.05) is 0 Å². The zero-order valence-electron chi connectivity index (χ0n) is 10.6. The zero-order valence-corrected chi connectivity index (χ0v) is 10.6. The molecule has 1 aliphatic heterocycles. The Balaban J connectivity index is 1.82. The molecule has 1 aliphatic carbocycles. The van der Waals surface area contributed by atoms with Gasteiger partial charge in [-0.2, -0.15) is 0 Å². The molecule has 2 fully saturated rings. The Kier molecular flexibility index (Phi) is 2.97. The van der Waals surface area contributed by atoms with Crippen LogP contribution in [0.4, 0.5) is 0 Å². The Morgan fingerprint density at radius 3 is 2.79 bits per heavy atom. The lowest BCUT2D eigenvalue weighted by Crippen LogP contribution is -2.40. The highest BCUT2D eigenvalue weighted by Gasteiger charge is 2.35. The maximum Gasteiger partial charge on any atom is 0.326 e. The molecule has 0 bridgehead atoms. The van der Waals surface area contributed by atoms with E-state index in [2.05, 4.69) is 4.98 Å². The number of aliphatic carboxylic acids is 1. The Morgan fingerprint density at radius 1 is 1.32 bits per heavy atom. The first-order valence-corrected chi connectivity index (χ1v) is 6.66. The summed E-state index contributed by atoms with van der Waals surface area (Å²) in [5.74, 6) is -0.613. The van der Waals surface area contributed by atoms with Crippen LogP contribution in [0.25, 0.3) is 0 Å². The Bertz CT molecular complexity index is 525. The number of carboxylic acid groups (broad SMARTS) is 1. The van der Waals surface area contributed by atoms with Gasteiger partial charge in [0.05, 0.1) is 0 Å². The second-order valence-corrected chi connectivity index (χ2v) is 5.24. The molecule has 0 spiro atoms. The average molecular weight is 260 g/mol. The number of pyridine rings is 1. The van der Waals surface area contributed by atoms with Gasteiger partial charge in [0.15, 0.2) is 0 Å². The van der Waals surface area contributed by atoms with Crippen LogP contribution in [0.3, 0.4) is 0 Å². The monoisotopic (exact) mass is 260 g/mol. The van der Waals surface area contributed by atoms with Gasteiger partial charge in [-0.25, -0.2) is 4.79 Å². The number of aromatic nitrogens is 1. The molecular formula is C14H16N2O3. The maximum atomic E-state index is 12.4. The summed E-state index contributed by atoms with van der Waals surface area (Å²) in [6, 6.07) is 2.81. The summed E-state index contributed by atoms with van der Waals surface area (Å²) in [7, 11) is 0. The lowest BCUT2D eigenvalue weighted by molar-refractivity contribution is -0.141. The van der Waals surface area contributed by atoms with E-state index in [1.54, 1.807) is 12.3 Å². The zero-order chi connectivity index (χ0) is 13.4. The molecule has 5 heteroatoms. The molecule has 0 radical (unpaired) electrons. The highest BCUT2D eigenvalue weighted by Crippen LogP contribution is 2.39. The van der Waals surface area contributed by atoms with Crippen molar-refractivity contribution >= 4 is 11.9 Å². The lowest BCUT2D eigenvalue weighted by Gasteiger charge is -2.21. The van der Waals surface area contributed by atoms with Crippen LogP contribution in [0.1, 0.15) is 47.7 Å². The fourth-order valence-corrected chi connectivity index (χ4v) is 2.62. The van der Waals surface area contributed by atoms with Crippen molar-refractivity contribution in [2.45, 2.75) is 37.6 Å². The summed E-state index contributed by atoms with van der Waals surface area (Å²) < 4.78 is 0. The van der Waals surface area contributed by atoms with Gasteiger partial charge in [-0.3, -0.25) is 9.78 Å². The van der Waals surface area contributed by atoms with Crippen molar-refractivity contribution in [3.05, 3.63) is 29.6 Å². The second kappa shape index (κ2) is 4.64. The first-order chi connectivity index (χ1) is 9.16. The van der Waals surface area contributed by atoms with Crippen LogP contribution in [-0.2, 0) is 4.79 Å². The Morgan fingerprint density at radius 2 is 2.11 bits per heavy atom. The van der Waals surface area contributed by atoms with E-state index in [9.17, 15) is 9.59 Å². The van der Waals surface area contributed by atoms with Crippen molar-refractivity contribution < 1.29 is 14.7 Å². The minimum Gasteiger partial charge on any atom is -0.480 e. The molecule has 19 heavy (non-hydrogen) atoms. The second-order valence-electron chi connectivity index (χ2n) is 5.24. The Labute approximate surface area is 111 Å². The molecule has 1 saturated carbocycles. The van der Waals surface area contributed by atoms with Crippen molar-refractivity contribution in [3.63, 3.8) is 0 Å². The fraction of sp³-hybridized carbons (Fsp3) is 0.500. The number of carboxylic acids is 1. The van der Waals surface area contributed by atoms with Crippen LogP contribution in [0.5, 0.6) is 0 Å². The fourth-order valence-electron chi connectivity index (χ4n) is 2.62. The van der Waals surface area contributed by atoms with Crippen molar-refractivity contribution in [2.24, 2.45) is 0 Å². The van der Waals surface area contributed by atoms with Crippen molar-refractivity contribution in [1.29, 1.82) is 0 Å². The number of hydrogen-bond acceptors (Lipinski definition) is 3. The number of hydrogen-bond donors (Lipinski definition) is 1. The van der Waals surface area contributed by atoms with E-state index in [4.69, 9.17) is 5.11 Å². The van der Waals surface area contributed by atoms with E-state index in [1.165, 1.54) is 4.90 Å². The van der Waals surface area contributed by atoms with Gasteiger partial charge in [0.1, 0.15) is 6.04 Å². The third-order valence-corrected chi connectivity index (χ3v) is 3.82. The van der Waals surface area contributed by atoms with Gasteiger partial charge in [0.25, 0.3) is 5.91 Å². The standard InChI is InChI=1S/C14H16N2O3/c17-13(16-7-1-2-12(16)14(18)19)10-5-6-15-11(8-10)9-3-4-9/h5-6,8-9,12H,1-4,7H2,(H,18,19)/t12-/m0/s1. The molecule has 1 atom stereocenters. The molecule has 1 N–H and O–H groups in total.